The summed E-state index contributed by atoms with van der Waals surface area (Å²) in [6.07, 6.45) is 2.31. The first-order chi connectivity index (χ1) is 12.7. The summed E-state index contributed by atoms with van der Waals surface area (Å²) in [7, 11) is 1.66. The van der Waals surface area contributed by atoms with Crippen molar-refractivity contribution in [3.8, 4) is 5.75 Å². The monoisotopic (exact) mass is 389 g/mol. The highest BCUT2D eigenvalue weighted by molar-refractivity contribution is 6.42. The van der Waals surface area contributed by atoms with Crippen LogP contribution in [0.3, 0.4) is 0 Å². The van der Waals surface area contributed by atoms with Gasteiger partial charge in [-0.3, -0.25) is 0 Å². The summed E-state index contributed by atoms with van der Waals surface area (Å²) in [4.78, 5) is 4.39. The second-order valence-corrected chi connectivity index (χ2v) is 6.22. The van der Waals surface area contributed by atoms with Crippen molar-refractivity contribution in [1.82, 2.24) is 15.2 Å². The molecule has 26 heavy (non-hydrogen) atoms. The van der Waals surface area contributed by atoms with E-state index in [0.717, 1.165) is 23.4 Å². The quantitative estimate of drug-likeness (QED) is 0.615. The number of rotatable bonds is 7. The molecule has 0 atom stereocenters. The minimum absolute atomic E-state index is 0.435. The molecular formula is C18H17Cl2N5O. The molecule has 0 fully saturated rings. The van der Waals surface area contributed by atoms with Gasteiger partial charge in [0.25, 0.3) is 0 Å². The van der Waals surface area contributed by atoms with Gasteiger partial charge in [0.2, 0.25) is 5.95 Å². The summed E-state index contributed by atoms with van der Waals surface area (Å²) < 4.78 is 5.35. The lowest BCUT2D eigenvalue weighted by Gasteiger charge is -2.10. The minimum atomic E-state index is 0.435. The van der Waals surface area contributed by atoms with Gasteiger partial charge in [0.15, 0.2) is 5.82 Å². The number of nitrogens with zero attached hydrogens (tertiary/aromatic N) is 3. The Kier molecular flexibility index (Phi) is 6.09. The van der Waals surface area contributed by atoms with Gasteiger partial charge in [0, 0.05) is 12.2 Å². The molecule has 0 saturated carbocycles. The van der Waals surface area contributed by atoms with Crippen molar-refractivity contribution in [1.29, 1.82) is 0 Å². The van der Waals surface area contributed by atoms with Crippen LogP contribution in [0.5, 0.6) is 5.75 Å². The van der Waals surface area contributed by atoms with Gasteiger partial charge >= 0.3 is 0 Å². The second-order valence-electron chi connectivity index (χ2n) is 5.41. The highest BCUT2D eigenvalue weighted by Gasteiger charge is 2.05. The average Bonchev–Trinajstić information content (AvgIpc) is 2.65. The molecule has 0 spiro atoms. The van der Waals surface area contributed by atoms with Crippen LogP contribution in [0.1, 0.15) is 5.56 Å². The van der Waals surface area contributed by atoms with Gasteiger partial charge in [-0.05, 0) is 36.2 Å². The maximum absolute atomic E-state index is 6.02. The van der Waals surface area contributed by atoms with E-state index in [1.165, 1.54) is 6.20 Å². The first kappa shape index (κ1) is 18.2. The first-order valence-electron chi connectivity index (χ1n) is 7.93. The fourth-order valence-corrected chi connectivity index (χ4v) is 2.68. The lowest BCUT2D eigenvalue weighted by atomic mass is 10.1. The van der Waals surface area contributed by atoms with Crippen molar-refractivity contribution in [3.05, 3.63) is 64.3 Å². The number of nitrogens with one attached hydrogen (secondary N) is 2. The molecule has 2 N–H and O–H groups in total. The summed E-state index contributed by atoms with van der Waals surface area (Å²) in [5.41, 5.74) is 1.88. The third-order valence-corrected chi connectivity index (χ3v) is 4.36. The van der Waals surface area contributed by atoms with E-state index in [4.69, 9.17) is 27.9 Å². The maximum Gasteiger partial charge on any atom is 0.244 e. The SMILES string of the molecule is COc1ccccc1CCNc1nncc(Nc2ccc(Cl)c(Cl)c2)n1. The number of methoxy groups -OCH3 is 1. The molecule has 0 amide bonds. The lowest BCUT2D eigenvalue weighted by Crippen LogP contribution is -2.10. The van der Waals surface area contributed by atoms with Crippen LogP contribution >= 0.6 is 23.2 Å². The molecule has 0 bridgehead atoms. The molecule has 0 radical (unpaired) electrons. The van der Waals surface area contributed by atoms with Crippen molar-refractivity contribution in [2.45, 2.75) is 6.42 Å². The topological polar surface area (TPSA) is 72.0 Å². The smallest absolute Gasteiger partial charge is 0.244 e. The summed E-state index contributed by atoms with van der Waals surface area (Å²) in [6, 6.07) is 13.1. The molecule has 1 aromatic heterocycles. The van der Waals surface area contributed by atoms with Crippen molar-refractivity contribution < 1.29 is 4.74 Å². The number of para-hydroxylation sites is 1. The van der Waals surface area contributed by atoms with Crippen molar-refractivity contribution >= 4 is 40.7 Å². The fourth-order valence-electron chi connectivity index (χ4n) is 2.38. The Balaban J connectivity index is 1.61. The molecule has 2 aromatic carbocycles. The van der Waals surface area contributed by atoms with Crippen molar-refractivity contribution in [3.63, 3.8) is 0 Å². The molecule has 0 saturated heterocycles. The molecule has 1 heterocycles. The van der Waals surface area contributed by atoms with Crippen LogP contribution in [0.4, 0.5) is 17.5 Å². The number of ether oxygens (including phenoxy) is 1. The highest BCUT2D eigenvalue weighted by atomic mass is 35.5. The van der Waals surface area contributed by atoms with E-state index in [0.29, 0.717) is 28.4 Å². The fraction of sp³-hybridized carbons (Fsp3) is 0.167. The normalized spacial score (nSPS) is 10.4. The Morgan fingerprint density at radius 1 is 1.08 bits per heavy atom. The minimum Gasteiger partial charge on any atom is -0.496 e. The van der Waals surface area contributed by atoms with Crippen LogP contribution in [-0.4, -0.2) is 28.8 Å². The van der Waals surface area contributed by atoms with Gasteiger partial charge in [-0.25, -0.2) is 0 Å². The average molecular weight is 390 g/mol. The number of halogens is 2. The molecule has 0 aliphatic carbocycles. The van der Waals surface area contributed by atoms with Gasteiger partial charge in [-0.1, -0.05) is 41.4 Å². The molecule has 0 aliphatic rings. The number of aromatic nitrogens is 3. The van der Waals surface area contributed by atoms with E-state index >= 15 is 0 Å². The van der Waals surface area contributed by atoms with E-state index in [9.17, 15) is 0 Å². The molecular weight excluding hydrogens is 373 g/mol. The molecule has 134 valence electrons. The van der Waals surface area contributed by atoms with Crippen molar-refractivity contribution in [2.75, 3.05) is 24.3 Å². The standard InChI is InChI=1S/C18H17Cl2N5O/c1-26-16-5-3-2-4-12(16)8-9-21-18-24-17(11-22-25-18)23-13-6-7-14(19)15(20)10-13/h2-7,10-11H,8-9H2,1H3,(H2,21,23,24,25). The Bertz CT molecular complexity index is 891. The van der Waals surface area contributed by atoms with Gasteiger partial charge in [-0.2, -0.15) is 10.1 Å². The van der Waals surface area contributed by atoms with Crippen LogP contribution in [0.15, 0.2) is 48.7 Å². The van der Waals surface area contributed by atoms with E-state index in [1.54, 1.807) is 19.2 Å². The van der Waals surface area contributed by atoms with Crippen LogP contribution in [0.2, 0.25) is 10.0 Å². The van der Waals surface area contributed by atoms with Crippen LogP contribution < -0.4 is 15.4 Å². The van der Waals surface area contributed by atoms with Gasteiger partial charge in [0.05, 0.1) is 23.4 Å². The zero-order valence-electron chi connectivity index (χ0n) is 14.0. The lowest BCUT2D eigenvalue weighted by molar-refractivity contribution is 0.410. The zero-order valence-corrected chi connectivity index (χ0v) is 15.6. The number of hydrogen-bond acceptors (Lipinski definition) is 6. The number of anilines is 3. The highest BCUT2D eigenvalue weighted by Crippen LogP contribution is 2.26. The van der Waals surface area contributed by atoms with Gasteiger partial charge < -0.3 is 15.4 Å². The largest absolute Gasteiger partial charge is 0.496 e. The third-order valence-electron chi connectivity index (χ3n) is 3.62. The Morgan fingerprint density at radius 3 is 2.73 bits per heavy atom. The molecule has 6 nitrogen and oxygen atoms in total. The molecule has 8 heteroatoms. The van der Waals surface area contributed by atoms with Gasteiger partial charge in [-0.15, -0.1) is 5.10 Å². The molecule has 3 rings (SSSR count). The molecule has 0 aliphatic heterocycles. The third kappa shape index (κ3) is 4.74. The summed E-state index contributed by atoms with van der Waals surface area (Å²) >= 11 is 11.9. The number of benzene rings is 2. The summed E-state index contributed by atoms with van der Waals surface area (Å²) in [5.74, 6) is 1.85. The van der Waals surface area contributed by atoms with E-state index in [2.05, 4.69) is 25.8 Å². The van der Waals surface area contributed by atoms with E-state index in [1.807, 2.05) is 30.3 Å². The summed E-state index contributed by atoms with van der Waals surface area (Å²) in [5, 5.41) is 15.2. The first-order valence-corrected chi connectivity index (χ1v) is 8.69. The zero-order chi connectivity index (χ0) is 18.4. The molecule has 3 aromatic rings. The van der Waals surface area contributed by atoms with Crippen LogP contribution in [0, 0.1) is 0 Å². The van der Waals surface area contributed by atoms with Crippen LogP contribution in [0.25, 0.3) is 0 Å². The number of hydrogen-bond donors (Lipinski definition) is 2. The second kappa shape index (κ2) is 8.69. The Labute approximate surface area is 161 Å². The Hall–Kier alpha value is -2.57. The van der Waals surface area contributed by atoms with Gasteiger partial charge in [0.1, 0.15) is 5.75 Å². The molecule has 0 unspecified atom stereocenters. The maximum atomic E-state index is 6.02. The van der Waals surface area contributed by atoms with E-state index in [-0.39, 0.29) is 0 Å². The predicted octanol–water partition coefficient (Wildman–Crippen LogP) is 4.59. The Morgan fingerprint density at radius 2 is 1.92 bits per heavy atom. The predicted molar refractivity (Wildman–Crippen MR) is 105 cm³/mol. The van der Waals surface area contributed by atoms with Crippen molar-refractivity contribution in [2.24, 2.45) is 0 Å². The summed E-state index contributed by atoms with van der Waals surface area (Å²) in [6.45, 7) is 0.651. The van der Waals surface area contributed by atoms with Crippen LogP contribution in [-0.2, 0) is 6.42 Å². The van der Waals surface area contributed by atoms with E-state index < -0.39 is 0 Å².